The molecule has 2 aromatic heterocycles. The SMILES string of the molecule is NC(=O)CCn1c(-c2ccc(Cl)cc2)nc2sc(-c3ccccc3)cc2c1=O. The predicted molar refractivity (Wildman–Crippen MR) is 114 cm³/mol. The highest BCUT2D eigenvalue weighted by Crippen LogP contribution is 2.32. The van der Waals surface area contributed by atoms with E-state index < -0.39 is 5.91 Å². The number of fused-ring (bicyclic) bond motifs is 1. The third-order valence-electron chi connectivity index (χ3n) is 4.39. The number of nitrogens with zero attached hydrogens (tertiary/aromatic N) is 2. The van der Waals surface area contributed by atoms with Gasteiger partial charge in [-0.1, -0.05) is 41.9 Å². The molecule has 4 aromatic rings. The number of hydrogen-bond donors (Lipinski definition) is 1. The third-order valence-corrected chi connectivity index (χ3v) is 5.72. The number of amides is 1. The second-order valence-electron chi connectivity index (χ2n) is 6.31. The normalized spacial score (nSPS) is 11.0. The summed E-state index contributed by atoms with van der Waals surface area (Å²) >= 11 is 7.46. The summed E-state index contributed by atoms with van der Waals surface area (Å²) in [6.07, 6.45) is 0.0589. The number of benzene rings is 2. The molecule has 1 amide bonds. The van der Waals surface area contributed by atoms with Gasteiger partial charge >= 0.3 is 0 Å². The number of aromatic nitrogens is 2. The molecule has 0 radical (unpaired) electrons. The molecule has 0 fully saturated rings. The predicted octanol–water partition coefficient (Wildman–Crippen LogP) is 4.32. The molecule has 4 rings (SSSR count). The van der Waals surface area contributed by atoms with Crippen molar-refractivity contribution in [2.75, 3.05) is 0 Å². The molecule has 140 valence electrons. The van der Waals surface area contributed by atoms with Crippen molar-refractivity contribution in [3.05, 3.63) is 76.0 Å². The average molecular weight is 410 g/mol. The van der Waals surface area contributed by atoms with Crippen LogP contribution < -0.4 is 11.3 Å². The highest BCUT2D eigenvalue weighted by atomic mass is 35.5. The van der Waals surface area contributed by atoms with Gasteiger partial charge in [0.15, 0.2) is 0 Å². The Morgan fingerprint density at radius 2 is 1.79 bits per heavy atom. The average Bonchev–Trinajstić information content (AvgIpc) is 3.13. The van der Waals surface area contributed by atoms with Crippen LogP contribution in [-0.2, 0) is 11.3 Å². The van der Waals surface area contributed by atoms with E-state index in [4.69, 9.17) is 22.3 Å². The van der Waals surface area contributed by atoms with Crippen LogP contribution in [0.5, 0.6) is 0 Å². The first-order valence-electron chi connectivity index (χ1n) is 8.67. The molecular weight excluding hydrogens is 394 g/mol. The minimum absolute atomic E-state index is 0.0589. The van der Waals surface area contributed by atoms with Gasteiger partial charge < -0.3 is 5.73 Å². The van der Waals surface area contributed by atoms with Crippen molar-refractivity contribution in [3.63, 3.8) is 0 Å². The molecule has 2 heterocycles. The van der Waals surface area contributed by atoms with Crippen LogP contribution in [0.1, 0.15) is 6.42 Å². The van der Waals surface area contributed by atoms with E-state index in [0.29, 0.717) is 21.1 Å². The van der Waals surface area contributed by atoms with E-state index in [2.05, 4.69) is 0 Å². The van der Waals surface area contributed by atoms with E-state index in [-0.39, 0.29) is 18.5 Å². The maximum absolute atomic E-state index is 13.2. The monoisotopic (exact) mass is 409 g/mol. The van der Waals surface area contributed by atoms with Gasteiger partial charge in [0, 0.05) is 28.4 Å². The Balaban J connectivity index is 1.92. The summed E-state index contributed by atoms with van der Waals surface area (Å²) in [6.45, 7) is 0.172. The summed E-state index contributed by atoms with van der Waals surface area (Å²) < 4.78 is 1.51. The quantitative estimate of drug-likeness (QED) is 0.533. The summed E-state index contributed by atoms with van der Waals surface area (Å²) in [4.78, 5) is 30.9. The zero-order valence-electron chi connectivity index (χ0n) is 14.8. The van der Waals surface area contributed by atoms with Crippen LogP contribution in [0.2, 0.25) is 5.02 Å². The number of primary amides is 1. The summed E-state index contributed by atoms with van der Waals surface area (Å²) in [5, 5.41) is 1.13. The van der Waals surface area contributed by atoms with Gasteiger partial charge in [0.25, 0.3) is 5.56 Å². The number of rotatable bonds is 5. The fourth-order valence-electron chi connectivity index (χ4n) is 3.01. The van der Waals surface area contributed by atoms with E-state index in [1.807, 2.05) is 48.5 Å². The Morgan fingerprint density at radius 3 is 2.46 bits per heavy atom. The lowest BCUT2D eigenvalue weighted by Gasteiger charge is -2.11. The van der Waals surface area contributed by atoms with Gasteiger partial charge in [-0.3, -0.25) is 14.2 Å². The van der Waals surface area contributed by atoms with E-state index in [1.54, 1.807) is 12.1 Å². The second kappa shape index (κ2) is 7.58. The number of thiophene rings is 1. The molecule has 28 heavy (non-hydrogen) atoms. The first kappa shape index (κ1) is 18.4. The Morgan fingerprint density at radius 1 is 1.07 bits per heavy atom. The Kier molecular flexibility index (Phi) is 4.98. The fourth-order valence-corrected chi connectivity index (χ4v) is 4.16. The van der Waals surface area contributed by atoms with Crippen LogP contribution >= 0.6 is 22.9 Å². The molecule has 0 bridgehead atoms. The van der Waals surface area contributed by atoms with Crippen LogP contribution in [0.3, 0.4) is 0 Å². The standard InChI is InChI=1S/C21H16ClN3O2S/c22-15-8-6-14(7-9-15)19-24-20-16(21(27)25(19)11-10-18(23)26)12-17(28-20)13-4-2-1-3-5-13/h1-9,12H,10-11H2,(H2,23,26). The molecule has 0 spiro atoms. The van der Waals surface area contributed by atoms with Gasteiger partial charge in [-0.25, -0.2) is 4.98 Å². The molecule has 5 nitrogen and oxygen atoms in total. The van der Waals surface area contributed by atoms with Crippen molar-refractivity contribution in [2.24, 2.45) is 5.73 Å². The number of nitrogens with two attached hydrogens (primary N) is 1. The number of hydrogen-bond acceptors (Lipinski definition) is 4. The van der Waals surface area contributed by atoms with Gasteiger partial charge in [-0.05, 0) is 35.9 Å². The van der Waals surface area contributed by atoms with Crippen LogP contribution in [0.25, 0.3) is 32.0 Å². The zero-order chi connectivity index (χ0) is 19.7. The molecule has 0 aliphatic carbocycles. The Labute approximate surface area is 170 Å². The van der Waals surface area contributed by atoms with Crippen molar-refractivity contribution in [2.45, 2.75) is 13.0 Å². The van der Waals surface area contributed by atoms with Gasteiger partial charge in [0.1, 0.15) is 10.7 Å². The largest absolute Gasteiger partial charge is 0.370 e. The van der Waals surface area contributed by atoms with E-state index in [9.17, 15) is 9.59 Å². The lowest BCUT2D eigenvalue weighted by atomic mass is 10.1. The molecular formula is C21H16ClN3O2S. The molecule has 7 heteroatoms. The summed E-state index contributed by atoms with van der Waals surface area (Å²) in [6, 6.07) is 18.8. The Hall–Kier alpha value is -2.96. The van der Waals surface area contributed by atoms with Crippen molar-refractivity contribution in [3.8, 4) is 21.8 Å². The smallest absolute Gasteiger partial charge is 0.262 e. The molecule has 2 N–H and O–H groups in total. The molecule has 0 aliphatic rings. The summed E-state index contributed by atoms with van der Waals surface area (Å²) in [7, 11) is 0. The first-order chi connectivity index (χ1) is 13.5. The number of carbonyl (C=O) groups excluding carboxylic acids is 1. The lowest BCUT2D eigenvalue weighted by molar-refractivity contribution is -0.118. The molecule has 0 saturated heterocycles. The van der Waals surface area contributed by atoms with Crippen molar-refractivity contribution in [1.29, 1.82) is 0 Å². The van der Waals surface area contributed by atoms with Crippen molar-refractivity contribution in [1.82, 2.24) is 9.55 Å². The molecule has 2 aromatic carbocycles. The molecule has 0 unspecified atom stereocenters. The highest BCUT2D eigenvalue weighted by molar-refractivity contribution is 7.21. The summed E-state index contributed by atoms with van der Waals surface area (Å²) in [5.74, 6) is 0.0289. The molecule has 0 atom stereocenters. The van der Waals surface area contributed by atoms with E-state index >= 15 is 0 Å². The molecule has 0 aliphatic heterocycles. The minimum atomic E-state index is -0.468. The van der Waals surface area contributed by atoms with Gasteiger partial charge in [-0.2, -0.15) is 0 Å². The summed E-state index contributed by atoms with van der Waals surface area (Å²) in [5.41, 5.74) is 6.90. The van der Waals surface area contributed by atoms with Crippen molar-refractivity contribution >= 4 is 39.1 Å². The van der Waals surface area contributed by atoms with E-state index in [1.165, 1.54) is 15.9 Å². The number of halogens is 1. The highest BCUT2D eigenvalue weighted by Gasteiger charge is 2.16. The third kappa shape index (κ3) is 3.56. The van der Waals surface area contributed by atoms with Crippen molar-refractivity contribution < 1.29 is 4.79 Å². The Bertz CT molecular complexity index is 1210. The van der Waals surface area contributed by atoms with Crippen LogP contribution in [0.4, 0.5) is 0 Å². The first-order valence-corrected chi connectivity index (χ1v) is 9.86. The maximum atomic E-state index is 13.2. The van der Waals surface area contributed by atoms with E-state index in [0.717, 1.165) is 16.0 Å². The zero-order valence-corrected chi connectivity index (χ0v) is 16.3. The maximum Gasteiger partial charge on any atom is 0.262 e. The van der Waals surface area contributed by atoms with Crippen LogP contribution in [-0.4, -0.2) is 15.5 Å². The van der Waals surface area contributed by atoms with Gasteiger partial charge in [0.2, 0.25) is 5.91 Å². The van der Waals surface area contributed by atoms with Gasteiger partial charge in [-0.15, -0.1) is 11.3 Å². The van der Waals surface area contributed by atoms with Crippen LogP contribution in [0.15, 0.2) is 65.5 Å². The lowest BCUT2D eigenvalue weighted by Crippen LogP contribution is -2.25. The van der Waals surface area contributed by atoms with Gasteiger partial charge in [0.05, 0.1) is 5.39 Å². The fraction of sp³-hybridized carbons (Fsp3) is 0.0952. The van der Waals surface area contributed by atoms with Crippen LogP contribution in [0, 0.1) is 0 Å². The topological polar surface area (TPSA) is 78.0 Å². The minimum Gasteiger partial charge on any atom is -0.370 e. The second-order valence-corrected chi connectivity index (χ2v) is 7.78. The molecule has 0 saturated carbocycles. The number of carbonyl (C=O) groups is 1.